The largest absolute Gasteiger partial charge is 0.465 e. The van der Waals surface area contributed by atoms with Gasteiger partial charge in [0.2, 0.25) is 0 Å². The van der Waals surface area contributed by atoms with Gasteiger partial charge < -0.3 is 5.11 Å². The van der Waals surface area contributed by atoms with Crippen LogP contribution in [-0.2, 0) is 0 Å². The average molecular weight is 209 g/mol. The third-order valence-electron chi connectivity index (χ3n) is 3.92. The second-order valence-electron chi connectivity index (χ2n) is 5.62. The van der Waals surface area contributed by atoms with Crippen LogP contribution in [0, 0.1) is 11.3 Å². The Morgan fingerprint density at radius 3 is 2.53 bits per heavy atom. The van der Waals surface area contributed by atoms with E-state index in [4.69, 9.17) is 0 Å². The smallest absolute Gasteiger partial charge is 0.408 e. The Bertz CT molecular complexity index is 316. The van der Waals surface area contributed by atoms with Crippen molar-refractivity contribution in [1.82, 2.24) is 4.90 Å². The molecule has 2 atom stereocenters. The monoisotopic (exact) mass is 209 g/mol. The van der Waals surface area contributed by atoms with Crippen LogP contribution in [0.3, 0.4) is 0 Å². The summed E-state index contributed by atoms with van der Waals surface area (Å²) in [6, 6.07) is 0. The summed E-state index contributed by atoms with van der Waals surface area (Å²) in [6.07, 6.45) is 5.58. The Morgan fingerprint density at radius 2 is 2.20 bits per heavy atom. The zero-order valence-corrected chi connectivity index (χ0v) is 9.66. The van der Waals surface area contributed by atoms with E-state index in [1.54, 1.807) is 4.90 Å². The number of fused-ring (bicyclic) bond motifs is 1. The first-order valence-electron chi connectivity index (χ1n) is 5.59. The number of hydrogen-bond acceptors (Lipinski definition) is 1. The van der Waals surface area contributed by atoms with Crippen molar-refractivity contribution < 1.29 is 9.90 Å². The molecule has 2 aliphatic rings. The molecule has 0 aromatic carbocycles. The van der Waals surface area contributed by atoms with Crippen molar-refractivity contribution in [3.63, 3.8) is 0 Å². The Kier molecular flexibility index (Phi) is 2.11. The van der Waals surface area contributed by atoms with Crippen molar-refractivity contribution in [1.29, 1.82) is 0 Å². The summed E-state index contributed by atoms with van der Waals surface area (Å²) in [5.74, 6) is 0.419. The van der Waals surface area contributed by atoms with Crippen LogP contribution in [0.25, 0.3) is 0 Å². The molecule has 1 aliphatic carbocycles. The summed E-state index contributed by atoms with van der Waals surface area (Å²) in [7, 11) is 0. The lowest BCUT2D eigenvalue weighted by molar-refractivity contribution is -0.0329. The van der Waals surface area contributed by atoms with Crippen LogP contribution in [-0.4, -0.2) is 28.2 Å². The number of rotatable bonds is 0. The number of carbonyl (C=O) groups is 1. The van der Waals surface area contributed by atoms with Crippen molar-refractivity contribution in [2.75, 3.05) is 6.54 Å². The SMILES string of the molecule is CC(C)(C)C12C=CC1CCCN2C(=O)O. The van der Waals surface area contributed by atoms with Crippen LogP contribution >= 0.6 is 0 Å². The molecule has 1 saturated heterocycles. The lowest BCUT2D eigenvalue weighted by Crippen LogP contribution is -2.67. The molecule has 1 heterocycles. The Labute approximate surface area is 90.8 Å². The van der Waals surface area contributed by atoms with Crippen LogP contribution < -0.4 is 0 Å². The van der Waals surface area contributed by atoms with Gasteiger partial charge in [0.05, 0.1) is 5.54 Å². The van der Waals surface area contributed by atoms with Gasteiger partial charge in [0.1, 0.15) is 0 Å². The molecule has 0 saturated carbocycles. The molecule has 0 aromatic rings. The number of likely N-dealkylation sites (tertiary alicyclic amines) is 1. The normalized spacial score (nSPS) is 34.6. The molecule has 84 valence electrons. The van der Waals surface area contributed by atoms with Crippen LogP contribution in [0.2, 0.25) is 0 Å². The summed E-state index contributed by atoms with van der Waals surface area (Å²) in [4.78, 5) is 12.9. The zero-order chi connectivity index (χ0) is 11.3. The Balaban J connectivity index is 2.40. The van der Waals surface area contributed by atoms with Gasteiger partial charge in [-0.25, -0.2) is 4.79 Å². The van der Waals surface area contributed by atoms with E-state index in [9.17, 15) is 9.90 Å². The summed E-state index contributed by atoms with van der Waals surface area (Å²) in [5.41, 5.74) is -0.275. The fourth-order valence-corrected chi connectivity index (χ4v) is 3.14. The predicted molar refractivity (Wildman–Crippen MR) is 58.8 cm³/mol. The van der Waals surface area contributed by atoms with Crippen LogP contribution in [0.15, 0.2) is 12.2 Å². The summed E-state index contributed by atoms with van der Waals surface area (Å²) in [6.45, 7) is 7.06. The van der Waals surface area contributed by atoms with Crippen molar-refractivity contribution in [3.8, 4) is 0 Å². The maximum absolute atomic E-state index is 11.3. The van der Waals surface area contributed by atoms with E-state index in [1.165, 1.54) is 0 Å². The standard InChI is InChI=1S/C12H19NO2/c1-11(2,3)12-7-6-9(12)5-4-8-13(12)10(14)15/h6-7,9H,4-5,8H2,1-3H3,(H,14,15). The molecule has 2 rings (SSSR count). The highest BCUT2D eigenvalue weighted by Crippen LogP contribution is 2.52. The fraction of sp³-hybridized carbons (Fsp3) is 0.750. The minimum Gasteiger partial charge on any atom is -0.465 e. The van der Waals surface area contributed by atoms with Gasteiger partial charge in [-0.3, -0.25) is 4.90 Å². The minimum atomic E-state index is -0.779. The Hall–Kier alpha value is -0.990. The maximum atomic E-state index is 11.3. The number of hydrogen-bond donors (Lipinski definition) is 1. The predicted octanol–water partition coefficient (Wildman–Crippen LogP) is 2.73. The van der Waals surface area contributed by atoms with Gasteiger partial charge in [0.15, 0.2) is 0 Å². The van der Waals surface area contributed by atoms with Crippen molar-refractivity contribution in [2.24, 2.45) is 11.3 Å². The number of carboxylic acid groups (broad SMARTS) is 1. The molecule has 1 aliphatic heterocycles. The third-order valence-corrected chi connectivity index (χ3v) is 3.92. The summed E-state index contributed by atoms with van der Waals surface area (Å²) in [5, 5.41) is 9.28. The highest BCUT2D eigenvalue weighted by Gasteiger charge is 2.57. The molecule has 1 N–H and O–H groups in total. The van der Waals surface area contributed by atoms with Crippen LogP contribution in [0.5, 0.6) is 0 Å². The van der Waals surface area contributed by atoms with E-state index in [1.807, 2.05) is 0 Å². The van der Waals surface area contributed by atoms with E-state index in [2.05, 4.69) is 32.9 Å². The quantitative estimate of drug-likeness (QED) is 0.623. The lowest BCUT2D eigenvalue weighted by atomic mass is 9.56. The van der Waals surface area contributed by atoms with Gasteiger partial charge in [-0.05, 0) is 18.3 Å². The molecular weight excluding hydrogens is 190 g/mol. The lowest BCUT2D eigenvalue weighted by Gasteiger charge is -2.60. The minimum absolute atomic E-state index is 0.0226. The van der Waals surface area contributed by atoms with E-state index < -0.39 is 6.09 Å². The topological polar surface area (TPSA) is 40.5 Å². The molecule has 3 heteroatoms. The molecule has 2 unspecified atom stereocenters. The molecule has 0 aromatic heterocycles. The maximum Gasteiger partial charge on any atom is 0.408 e. The third kappa shape index (κ3) is 1.22. The van der Waals surface area contributed by atoms with Gasteiger partial charge >= 0.3 is 6.09 Å². The zero-order valence-electron chi connectivity index (χ0n) is 9.66. The average Bonchev–Trinajstić information content (AvgIpc) is 2.03. The van der Waals surface area contributed by atoms with Crippen molar-refractivity contribution in [3.05, 3.63) is 12.2 Å². The van der Waals surface area contributed by atoms with Gasteiger partial charge in [-0.15, -0.1) is 0 Å². The van der Waals surface area contributed by atoms with Gasteiger partial charge in [0, 0.05) is 12.5 Å². The van der Waals surface area contributed by atoms with E-state index in [-0.39, 0.29) is 11.0 Å². The molecule has 0 radical (unpaired) electrons. The van der Waals surface area contributed by atoms with E-state index in [0.717, 1.165) is 12.8 Å². The van der Waals surface area contributed by atoms with Crippen molar-refractivity contribution in [2.45, 2.75) is 39.2 Å². The number of amides is 1. The molecule has 0 bridgehead atoms. The molecular formula is C12H19NO2. The van der Waals surface area contributed by atoms with Crippen LogP contribution in [0.1, 0.15) is 33.6 Å². The molecule has 0 spiro atoms. The first kappa shape index (κ1) is 10.5. The van der Waals surface area contributed by atoms with Crippen molar-refractivity contribution >= 4 is 6.09 Å². The number of nitrogens with zero attached hydrogens (tertiary/aromatic N) is 1. The van der Waals surface area contributed by atoms with Gasteiger partial charge in [-0.1, -0.05) is 32.9 Å². The highest BCUT2D eigenvalue weighted by atomic mass is 16.4. The Morgan fingerprint density at radius 1 is 1.53 bits per heavy atom. The summed E-state index contributed by atoms with van der Waals surface area (Å²) < 4.78 is 0. The van der Waals surface area contributed by atoms with E-state index in [0.29, 0.717) is 12.5 Å². The second-order valence-corrected chi connectivity index (χ2v) is 5.62. The number of piperidine rings is 1. The van der Waals surface area contributed by atoms with Gasteiger partial charge in [-0.2, -0.15) is 0 Å². The second kappa shape index (κ2) is 3.00. The highest BCUT2D eigenvalue weighted by molar-refractivity contribution is 5.68. The van der Waals surface area contributed by atoms with E-state index >= 15 is 0 Å². The molecule has 1 amide bonds. The molecule has 15 heavy (non-hydrogen) atoms. The van der Waals surface area contributed by atoms with Crippen LogP contribution in [0.4, 0.5) is 4.79 Å². The molecule has 1 fully saturated rings. The molecule has 3 nitrogen and oxygen atoms in total. The van der Waals surface area contributed by atoms with Gasteiger partial charge in [0.25, 0.3) is 0 Å². The first-order chi connectivity index (χ1) is 6.89. The fourth-order valence-electron chi connectivity index (χ4n) is 3.14. The summed E-state index contributed by atoms with van der Waals surface area (Å²) >= 11 is 0. The first-order valence-corrected chi connectivity index (χ1v) is 5.59.